The summed E-state index contributed by atoms with van der Waals surface area (Å²) >= 11 is 0. The van der Waals surface area contributed by atoms with Crippen LogP contribution >= 0.6 is 0 Å². The van der Waals surface area contributed by atoms with Gasteiger partial charge in [-0.25, -0.2) is 4.79 Å². The van der Waals surface area contributed by atoms with Gasteiger partial charge in [0.05, 0.1) is 25.6 Å². The number of aliphatic hydroxyl groups excluding tert-OH is 1. The van der Waals surface area contributed by atoms with Gasteiger partial charge >= 0.3 is 6.03 Å². The van der Waals surface area contributed by atoms with E-state index in [0.717, 1.165) is 16.0 Å². The van der Waals surface area contributed by atoms with Crippen molar-refractivity contribution in [1.82, 2.24) is 15.5 Å². The van der Waals surface area contributed by atoms with Gasteiger partial charge in [-0.15, -0.1) is 0 Å². The Bertz CT molecular complexity index is 826. The number of hydrogen-bond donors (Lipinski definition) is 3. The summed E-state index contributed by atoms with van der Waals surface area (Å²) in [7, 11) is 0. The number of nitrogens with zero attached hydrogens (tertiary/aromatic N) is 1. The molecule has 1 aliphatic heterocycles. The van der Waals surface area contributed by atoms with E-state index in [-0.39, 0.29) is 19.6 Å². The van der Waals surface area contributed by atoms with E-state index in [1.165, 1.54) is 0 Å². The predicted molar refractivity (Wildman–Crippen MR) is 103 cm³/mol. The molecule has 0 spiro atoms. The Balaban J connectivity index is 1.54. The molecule has 7 nitrogen and oxygen atoms in total. The molecule has 0 unspecified atom stereocenters. The van der Waals surface area contributed by atoms with Crippen molar-refractivity contribution in [3.8, 4) is 0 Å². The Morgan fingerprint density at radius 3 is 2.25 bits per heavy atom. The average Bonchev–Trinajstić information content (AvgIpc) is 2.96. The molecule has 4 amide bonds. The molecule has 0 saturated carbocycles. The molecule has 2 atom stereocenters. The molecule has 1 aliphatic rings. The van der Waals surface area contributed by atoms with Crippen LogP contribution in [0.25, 0.3) is 0 Å². The summed E-state index contributed by atoms with van der Waals surface area (Å²) in [4.78, 5) is 38.1. The van der Waals surface area contributed by atoms with Crippen LogP contribution in [0.1, 0.15) is 17.5 Å². The van der Waals surface area contributed by atoms with Gasteiger partial charge in [-0.05, 0) is 17.5 Å². The largest absolute Gasteiger partial charge is 0.394 e. The van der Waals surface area contributed by atoms with Crippen LogP contribution in [0.15, 0.2) is 60.7 Å². The SMILES string of the molecule is O=C(C[C@@H]1NC(=O)N(Cc2ccccc2)C1=O)N[C@H](CO)Cc1ccccc1. The van der Waals surface area contributed by atoms with Crippen LogP contribution in [0.2, 0.25) is 0 Å². The van der Waals surface area contributed by atoms with E-state index in [4.69, 9.17) is 0 Å². The fourth-order valence-corrected chi connectivity index (χ4v) is 3.16. The lowest BCUT2D eigenvalue weighted by Gasteiger charge is -2.17. The van der Waals surface area contributed by atoms with Crippen LogP contribution in [0.5, 0.6) is 0 Å². The van der Waals surface area contributed by atoms with Crippen LogP contribution in [-0.4, -0.2) is 46.5 Å². The quantitative estimate of drug-likeness (QED) is 0.599. The molecule has 7 heteroatoms. The zero-order valence-corrected chi connectivity index (χ0v) is 15.4. The highest BCUT2D eigenvalue weighted by Gasteiger charge is 2.39. The minimum atomic E-state index is -0.896. The zero-order valence-electron chi connectivity index (χ0n) is 15.4. The van der Waals surface area contributed by atoms with Crippen LogP contribution in [0.4, 0.5) is 4.79 Å². The second kappa shape index (κ2) is 9.14. The third-order valence-electron chi connectivity index (χ3n) is 4.59. The van der Waals surface area contributed by atoms with Crippen molar-refractivity contribution in [2.75, 3.05) is 6.61 Å². The maximum absolute atomic E-state index is 12.5. The molecule has 0 radical (unpaired) electrons. The van der Waals surface area contributed by atoms with E-state index in [9.17, 15) is 19.5 Å². The van der Waals surface area contributed by atoms with E-state index >= 15 is 0 Å². The maximum Gasteiger partial charge on any atom is 0.325 e. The summed E-state index contributed by atoms with van der Waals surface area (Å²) in [6, 6.07) is 16.8. The highest BCUT2D eigenvalue weighted by atomic mass is 16.3. The van der Waals surface area contributed by atoms with Crippen molar-refractivity contribution in [3.05, 3.63) is 71.8 Å². The van der Waals surface area contributed by atoms with Crippen LogP contribution in [0.3, 0.4) is 0 Å². The Kier molecular flexibility index (Phi) is 6.39. The van der Waals surface area contributed by atoms with Gasteiger partial charge in [0.25, 0.3) is 5.91 Å². The van der Waals surface area contributed by atoms with E-state index in [0.29, 0.717) is 6.42 Å². The average molecular weight is 381 g/mol. The van der Waals surface area contributed by atoms with Crippen molar-refractivity contribution in [2.45, 2.75) is 31.5 Å². The minimum absolute atomic E-state index is 0.164. The lowest BCUT2D eigenvalue weighted by atomic mass is 10.1. The highest BCUT2D eigenvalue weighted by molar-refractivity contribution is 6.05. The first kappa shape index (κ1) is 19.6. The second-order valence-electron chi connectivity index (χ2n) is 6.75. The smallest absolute Gasteiger partial charge is 0.325 e. The molecular formula is C21H23N3O4. The number of imide groups is 1. The molecule has 0 bridgehead atoms. The van der Waals surface area contributed by atoms with Gasteiger partial charge in [-0.3, -0.25) is 14.5 Å². The number of benzene rings is 2. The molecule has 2 aromatic rings. The minimum Gasteiger partial charge on any atom is -0.394 e. The van der Waals surface area contributed by atoms with Crippen molar-refractivity contribution in [1.29, 1.82) is 0 Å². The molecular weight excluding hydrogens is 358 g/mol. The standard InChI is InChI=1S/C21H23N3O4/c25-14-17(11-15-7-3-1-4-8-15)22-19(26)12-18-20(27)24(21(28)23-18)13-16-9-5-2-6-10-16/h1-10,17-18,25H,11-14H2,(H,22,26)(H,23,28)/t17-,18-/m0/s1. The summed E-state index contributed by atoms with van der Waals surface area (Å²) in [6.45, 7) is -0.0529. The summed E-state index contributed by atoms with van der Waals surface area (Å²) in [5.74, 6) is -0.817. The molecule has 1 heterocycles. The first-order valence-electron chi connectivity index (χ1n) is 9.16. The van der Waals surface area contributed by atoms with E-state index in [1.807, 2.05) is 60.7 Å². The fraction of sp³-hybridized carbons (Fsp3) is 0.286. The number of aliphatic hydroxyl groups is 1. The van der Waals surface area contributed by atoms with Crippen LogP contribution in [-0.2, 0) is 22.6 Å². The maximum atomic E-state index is 12.5. The number of rotatable bonds is 8. The number of urea groups is 1. The molecule has 146 valence electrons. The number of amides is 4. The monoisotopic (exact) mass is 381 g/mol. The summed E-state index contributed by atoms with van der Waals surface area (Å²) in [5, 5.41) is 14.8. The highest BCUT2D eigenvalue weighted by Crippen LogP contribution is 2.14. The van der Waals surface area contributed by atoms with E-state index in [1.54, 1.807) is 0 Å². The van der Waals surface area contributed by atoms with Gasteiger partial charge in [0.2, 0.25) is 5.91 Å². The molecule has 1 fully saturated rings. The first-order valence-corrected chi connectivity index (χ1v) is 9.16. The van der Waals surface area contributed by atoms with Gasteiger partial charge in [0.15, 0.2) is 0 Å². The molecule has 2 aromatic carbocycles. The summed E-state index contributed by atoms with van der Waals surface area (Å²) in [6.07, 6.45) is 0.315. The van der Waals surface area contributed by atoms with E-state index < -0.39 is 29.9 Å². The molecule has 1 saturated heterocycles. The summed E-state index contributed by atoms with van der Waals surface area (Å²) < 4.78 is 0. The molecule has 0 aromatic heterocycles. The lowest BCUT2D eigenvalue weighted by molar-refractivity contribution is -0.131. The van der Waals surface area contributed by atoms with Crippen LogP contribution in [0, 0.1) is 0 Å². The van der Waals surface area contributed by atoms with Gasteiger partial charge in [-0.2, -0.15) is 0 Å². The Hall–Kier alpha value is -3.19. The number of nitrogens with one attached hydrogen (secondary N) is 2. The zero-order chi connectivity index (χ0) is 19.9. The normalized spacial score (nSPS) is 17.3. The fourth-order valence-electron chi connectivity index (χ4n) is 3.16. The third kappa shape index (κ3) is 4.95. The van der Waals surface area contributed by atoms with Crippen LogP contribution < -0.4 is 10.6 Å². The Labute approximate surface area is 163 Å². The lowest BCUT2D eigenvalue weighted by Crippen LogP contribution is -2.43. The molecule has 3 N–H and O–H groups in total. The number of carbonyl (C=O) groups excluding carboxylic acids is 3. The van der Waals surface area contributed by atoms with Crippen molar-refractivity contribution in [3.63, 3.8) is 0 Å². The Morgan fingerprint density at radius 2 is 1.64 bits per heavy atom. The predicted octanol–water partition coefficient (Wildman–Crippen LogP) is 1.22. The molecule has 0 aliphatic carbocycles. The molecule has 3 rings (SSSR count). The van der Waals surface area contributed by atoms with Crippen molar-refractivity contribution >= 4 is 17.8 Å². The third-order valence-corrected chi connectivity index (χ3v) is 4.59. The van der Waals surface area contributed by atoms with Crippen molar-refractivity contribution < 1.29 is 19.5 Å². The number of carbonyl (C=O) groups is 3. The molecule has 28 heavy (non-hydrogen) atoms. The van der Waals surface area contributed by atoms with Crippen molar-refractivity contribution in [2.24, 2.45) is 0 Å². The first-order chi connectivity index (χ1) is 13.6. The second-order valence-corrected chi connectivity index (χ2v) is 6.75. The number of hydrogen-bond acceptors (Lipinski definition) is 4. The topological polar surface area (TPSA) is 98.7 Å². The van der Waals surface area contributed by atoms with E-state index in [2.05, 4.69) is 10.6 Å². The van der Waals surface area contributed by atoms with Gasteiger partial charge in [-0.1, -0.05) is 60.7 Å². The van der Waals surface area contributed by atoms with Gasteiger partial charge in [0, 0.05) is 0 Å². The van der Waals surface area contributed by atoms with Gasteiger partial charge < -0.3 is 15.7 Å². The van der Waals surface area contributed by atoms with Gasteiger partial charge in [0.1, 0.15) is 6.04 Å². The summed E-state index contributed by atoms with van der Waals surface area (Å²) in [5.41, 5.74) is 1.82. The Morgan fingerprint density at radius 1 is 1.04 bits per heavy atom.